The molecule has 2 aliphatic rings. The maximum atomic E-state index is 12.4. The monoisotopic (exact) mass is 297 g/mol. The van der Waals surface area contributed by atoms with E-state index in [0.29, 0.717) is 12.6 Å². The zero-order chi connectivity index (χ0) is 15.3. The number of esters is 1. The summed E-state index contributed by atoms with van der Waals surface area (Å²) in [5.41, 5.74) is -0.480. The Hall–Kier alpha value is -0.650. The number of nitrogens with zero attached hydrogens (tertiary/aromatic N) is 2. The van der Waals surface area contributed by atoms with Crippen LogP contribution in [0.4, 0.5) is 0 Å². The Morgan fingerprint density at radius 1 is 1.33 bits per heavy atom. The molecule has 0 aromatic heterocycles. The van der Waals surface area contributed by atoms with Gasteiger partial charge in [-0.2, -0.15) is 0 Å². The Morgan fingerprint density at radius 3 is 2.62 bits per heavy atom. The lowest BCUT2D eigenvalue weighted by atomic mass is 9.98. The zero-order valence-electron chi connectivity index (χ0n) is 13.9. The van der Waals surface area contributed by atoms with Gasteiger partial charge in [0.1, 0.15) is 5.54 Å². The second-order valence-electron chi connectivity index (χ2n) is 6.21. The van der Waals surface area contributed by atoms with Crippen molar-refractivity contribution in [1.82, 2.24) is 15.1 Å². The van der Waals surface area contributed by atoms with Crippen LogP contribution in [0.3, 0.4) is 0 Å². The van der Waals surface area contributed by atoms with E-state index in [1.165, 1.54) is 12.8 Å². The van der Waals surface area contributed by atoms with Gasteiger partial charge in [-0.05, 0) is 39.3 Å². The number of carbonyl (C=O) groups excluding carboxylic acids is 1. The molecule has 5 heteroatoms. The highest BCUT2D eigenvalue weighted by molar-refractivity contribution is 5.81. The predicted molar refractivity (Wildman–Crippen MR) is 84.4 cm³/mol. The second kappa shape index (κ2) is 7.56. The Morgan fingerprint density at radius 2 is 2.05 bits per heavy atom. The molecule has 0 amide bonds. The number of hydrogen-bond acceptors (Lipinski definition) is 5. The van der Waals surface area contributed by atoms with E-state index in [9.17, 15) is 4.79 Å². The van der Waals surface area contributed by atoms with Crippen molar-refractivity contribution in [2.75, 3.05) is 45.9 Å². The summed E-state index contributed by atoms with van der Waals surface area (Å²) in [6.07, 6.45) is 3.46. The molecule has 1 N–H and O–H groups in total. The molecule has 0 spiro atoms. The van der Waals surface area contributed by atoms with Gasteiger partial charge in [0.15, 0.2) is 0 Å². The van der Waals surface area contributed by atoms with Crippen molar-refractivity contribution in [1.29, 1.82) is 0 Å². The van der Waals surface area contributed by atoms with Crippen LogP contribution in [0.2, 0.25) is 0 Å². The van der Waals surface area contributed by atoms with Gasteiger partial charge in [-0.1, -0.05) is 13.8 Å². The third-order valence-electron chi connectivity index (χ3n) is 4.81. The summed E-state index contributed by atoms with van der Waals surface area (Å²) in [7, 11) is 0. The molecule has 2 rings (SSSR count). The smallest absolute Gasteiger partial charge is 0.327 e. The Labute approximate surface area is 129 Å². The minimum absolute atomic E-state index is 0.0623. The van der Waals surface area contributed by atoms with Gasteiger partial charge in [0.25, 0.3) is 0 Å². The van der Waals surface area contributed by atoms with Crippen LogP contribution in [-0.4, -0.2) is 73.2 Å². The molecule has 1 unspecified atom stereocenters. The van der Waals surface area contributed by atoms with E-state index in [4.69, 9.17) is 4.74 Å². The summed E-state index contributed by atoms with van der Waals surface area (Å²) in [6, 6.07) is 0.714. The lowest BCUT2D eigenvalue weighted by Crippen LogP contribution is -2.56. The summed E-state index contributed by atoms with van der Waals surface area (Å²) in [4.78, 5) is 17.3. The molecule has 122 valence electrons. The van der Waals surface area contributed by atoms with Crippen molar-refractivity contribution < 1.29 is 9.53 Å². The topological polar surface area (TPSA) is 44.8 Å². The molecule has 5 nitrogen and oxygen atoms in total. The zero-order valence-corrected chi connectivity index (χ0v) is 13.9. The summed E-state index contributed by atoms with van der Waals surface area (Å²) in [6.45, 7) is 12.5. The van der Waals surface area contributed by atoms with Crippen LogP contribution in [0.15, 0.2) is 0 Å². The van der Waals surface area contributed by atoms with Gasteiger partial charge < -0.3 is 9.64 Å². The highest BCUT2D eigenvalue weighted by atomic mass is 16.5. The predicted octanol–water partition coefficient (Wildman–Crippen LogP) is 1.09. The summed E-state index contributed by atoms with van der Waals surface area (Å²) in [5, 5.41) is 3.53. The Balaban J connectivity index is 1.91. The maximum absolute atomic E-state index is 12.4. The molecule has 0 bridgehead atoms. The Bertz CT molecular complexity index is 342. The maximum Gasteiger partial charge on any atom is 0.327 e. The standard InChI is InChI=1S/C16H31N3O2/c1-4-18(5-2)12-10-17-16(15(20)21-6-3)9-11-19(13-16)14-7-8-14/h14,17H,4-13H2,1-3H3. The average molecular weight is 297 g/mol. The van der Waals surface area contributed by atoms with Gasteiger partial charge in [0, 0.05) is 32.2 Å². The van der Waals surface area contributed by atoms with Crippen LogP contribution < -0.4 is 5.32 Å². The second-order valence-corrected chi connectivity index (χ2v) is 6.21. The van der Waals surface area contributed by atoms with E-state index in [1.807, 2.05) is 6.92 Å². The fraction of sp³-hybridized carbons (Fsp3) is 0.938. The summed E-state index contributed by atoms with van der Waals surface area (Å²) in [5.74, 6) is -0.0623. The largest absolute Gasteiger partial charge is 0.465 e. The number of rotatable bonds is 9. The number of hydrogen-bond donors (Lipinski definition) is 1. The minimum Gasteiger partial charge on any atom is -0.465 e. The third kappa shape index (κ3) is 4.18. The van der Waals surface area contributed by atoms with Gasteiger partial charge in [-0.3, -0.25) is 10.2 Å². The van der Waals surface area contributed by atoms with E-state index >= 15 is 0 Å². The number of nitrogens with one attached hydrogen (secondary N) is 1. The van der Waals surface area contributed by atoms with Crippen molar-refractivity contribution in [3.8, 4) is 0 Å². The molecular weight excluding hydrogens is 266 g/mol. The van der Waals surface area contributed by atoms with E-state index in [2.05, 4.69) is 29.0 Å². The normalized spacial score (nSPS) is 26.5. The Kier molecular flexibility index (Phi) is 6.02. The molecule has 21 heavy (non-hydrogen) atoms. The SMILES string of the molecule is CCOC(=O)C1(NCCN(CC)CC)CCN(C2CC2)C1. The van der Waals surface area contributed by atoms with Crippen LogP contribution in [0, 0.1) is 0 Å². The average Bonchev–Trinajstić information content (AvgIpc) is 3.25. The van der Waals surface area contributed by atoms with Gasteiger partial charge in [0.05, 0.1) is 6.61 Å². The number of ether oxygens (including phenoxy) is 1. The van der Waals surface area contributed by atoms with Crippen LogP contribution in [0.25, 0.3) is 0 Å². The molecule has 0 aromatic rings. The molecule has 1 aliphatic heterocycles. The van der Waals surface area contributed by atoms with Gasteiger partial charge in [-0.25, -0.2) is 4.79 Å². The molecular formula is C16H31N3O2. The lowest BCUT2D eigenvalue weighted by molar-refractivity contribution is -0.150. The van der Waals surface area contributed by atoms with E-state index in [1.54, 1.807) is 0 Å². The fourth-order valence-electron chi connectivity index (χ4n) is 3.24. The first-order valence-corrected chi connectivity index (χ1v) is 8.53. The lowest BCUT2D eigenvalue weighted by Gasteiger charge is -2.30. The van der Waals surface area contributed by atoms with Crippen LogP contribution in [0.1, 0.15) is 40.0 Å². The van der Waals surface area contributed by atoms with E-state index in [0.717, 1.165) is 45.7 Å². The van der Waals surface area contributed by atoms with Crippen LogP contribution in [-0.2, 0) is 9.53 Å². The van der Waals surface area contributed by atoms with Crippen molar-refractivity contribution >= 4 is 5.97 Å². The number of likely N-dealkylation sites (tertiary alicyclic amines) is 1. The fourth-order valence-corrected chi connectivity index (χ4v) is 3.24. The van der Waals surface area contributed by atoms with Crippen LogP contribution in [0.5, 0.6) is 0 Å². The molecule has 1 heterocycles. The van der Waals surface area contributed by atoms with Crippen molar-refractivity contribution in [2.24, 2.45) is 0 Å². The van der Waals surface area contributed by atoms with E-state index < -0.39 is 5.54 Å². The van der Waals surface area contributed by atoms with Gasteiger partial charge >= 0.3 is 5.97 Å². The minimum atomic E-state index is -0.480. The third-order valence-corrected chi connectivity index (χ3v) is 4.81. The summed E-state index contributed by atoms with van der Waals surface area (Å²) < 4.78 is 5.35. The highest BCUT2D eigenvalue weighted by Gasteiger charge is 2.48. The molecule has 1 aliphatic carbocycles. The molecule has 2 fully saturated rings. The number of likely N-dealkylation sites (N-methyl/N-ethyl adjacent to an activating group) is 1. The first-order valence-electron chi connectivity index (χ1n) is 8.53. The van der Waals surface area contributed by atoms with E-state index in [-0.39, 0.29) is 5.97 Å². The highest BCUT2D eigenvalue weighted by Crippen LogP contribution is 2.34. The molecule has 1 saturated carbocycles. The molecule has 0 radical (unpaired) electrons. The summed E-state index contributed by atoms with van der Waals surface area (Å²) >= 11 is 0. The van der Waals surface area contributed by atoms with Crippen molar-refractivity contribution in [3.63, 3.8) is 0 Å². The molecule has 1 saturated heterocycles. The van der Waals surface area contributed by atoms with Crippen molar-refractivity contribution in [2.45, 2.75) is 51.6 Å². The quantitative estimate of drug-likeness (QED) is 0.646. The number of carbonyl (C=O) groups is 1. The first kappa shape index (κ1) is 16.7. The van der Waals surface area contributed by atoms with Crippen molar-refractivity contribution in [3.05, 3.63) is 0 Å². The molecule has 1 atom stereocenters. The molecule has 0 aromatic carbocycles. The first-order chi connectivity index (χ1) is 10.1. The van der Waals surface area contributed by atoms with Gasteiger partial charge in [0.2, 0.25) is 0 Å². The van der Waals surface area contributed by atoms with Gasteiger partial charge in [-0.15, -0.1) is 0 Å². The van der Waals surface area contributed by atoms with Crippen LogP contribution >= 0.6 is 0 Å².